The third-order valence-corrected chi connectivity index (χ3v) is 2.79. The Bertz CT molecular complexity index is 701. The summed E-state index contributed by atoms with van der Waals surface area (Å²) in [6.07, 6.45) is 1.74. The van der Waals surface area contributed by atoms with Crippen LogP contribution in [0, 0.1) is 13.8 Å². The maximum absolute atomic E-state index is 4.31. The number of benzene rings is 1. The summed E-state index contributed by atoms with van der Waals surface area (Å²) in [5.41, 5.74) is 3.02. The van der Waals surface area contributed by atoms with E-state index in [0.717, 1.165) is 33.9 Å². The largest absolute Gasteiger partial charge is 0.340 e. The average molecular weight is 239 g/mol. The number of anilines is 2. The van der Waals surface area contributed by atoms with Crippen molar-refractivity contribution in [2.45, 2.75) is 13.8 Å². The zero-order valence-corrected chi connectivity index (χ0v) is 10.2. The second kappa shape index (κ2) is 4.10. The van der Waals surface area contributed by atoms with Gasteiger partial charge in [0.25, 0.3) is 0 Å². The van der Waals surface area contributed by atoms with Crippen LogP contribution >= 0.6 is 0 Å². The second-order valence-corrected chi connectivity index (χ2v) is 4.19. The predicted molar refractivity (Wildman–Crippen MR) is 70.9 cm³/mol. The lowest BCUT2D eigenvalue weighted by Crippen LogP contribution is -1.96. The van der Waals surface area contributed by atoms with Crippen molar-refractivity contribution in [1.29, 1.82) is 0 Å². The summed E-state index contributed by atoms with van der Waals surface area (Å²) in [5.74, 6) is 1.54. The molecule has 0 aliphatic rings. The minimum atomic E-state index is 0.751. The van der Waals surface area contributed by atoms with Crippen LogP contribution in [0.25, 0.3) is 10.9 Å². The van der Waals surface area contributed by atoms with Gasteiger partial charge in [0, 0.05) is 23.0 Å². The van der Waals surface area contributed by atoms with Crippen LogP contribution in [0.3, 0.4) is 0 Å². The summed E-state index contributed by atoms with van der Waals surface area (Å²) in [6, 6.07) is 7.88. The van der Waals surface area contributed by atoms with E-state index in [9.17, 15) is 0 Å². The summed E-state index contributed by atoms with van der Waals surface area (Å²) in [4.78, 5) is 8.38. The number of hydrogen-bond acceptors (Lipinski definition) is 4. The lowest BCUT2D eigenvalue weighted by molar-refractivity contribution is 1.06. The lowest BCUT2D eigenvalue weighted by Gasteiger charge is -2.05. The van der Waals surface area contributed by atoms with Gasteiger partial charge in [-0.15, -0.1) is 0 Å². The van der Waals surface area contributed by atoms with Crippen molar-refractivity contribution in [3.63, 3.8) is 0 Å². The summed E-state index contributed by atoms with van der Waals surface area (Å²) in [7, 11) is 0. The minimum absolute atomic E-state index is 0.751. The first-order chi connectivity index (χ1) is 8.72. The van der Waals surface area contributed by atoms with Crippen molar-refractivity contribution in [3.05, 3.63) is 42.0 Å². The van der Waals surface area contributed by atoms with Gasteiger partial charge < -0.3 is 5.32 Å². The summed E-state index contributed by atoms with van der Waals surface area (Å²) < 4.78 is 0. The molecule has 1 aromatic carbocycles. The van der Waals surface area contributed by atoms with Crippen LogP contribution in [-0.2, 0) is 0 Å². The third-order valence-electron chi connectivity index (χ3n) is 2.79. The molecule has 5 heteroatoms. The van der Waals surface area contributed by atoms with Gasteiger partial charge in [-0.05, 0) is 38.1 Å². The predicted octanol–water partition coefficient (Wildman–Crippen LogP) is 2.71. The summed E-state index contributed by atoms with van der Waals surface area (Å²) >= 11 is 0. The molecule has 0 bridgehead atoms. The molecule has 2 N–H and O–H groups in total. The standard InChI is InChI=1S/C13H13N5/c1-8-11-7-10(3-4-12(11)18-17-8)16-13-5-6-14-9(2)15-13/h3-7H,1-2H3,(H,17,18)(H,14,15,16). The average Bonchev–Trinajstić information content (AvgIpc) is 2.71. The van der Waals surface area contributed by atoms with Gasteiger partial charge in [-0.25, -0.2) is 9.97 Å². The van der Waals surface area contributed by atoms with Crippen molar-refractivity contribution in [2.75, 3.05) is 5.32 Å². The van der Waals surface area contributed by atoms with E-state index in [1.54, 1.807) is 6.20 Å². The summed E-state index contributed by atoms with van der Waals surface area (Å²) in [6.45, 7) is 3.88. The fraction of sp³-hybridized carbons (Fsp3) is 0.154. The molecule has 2 heterocycles. The first kappa shape index (κ1) is 10.7. The van der Waals surface area contributed by atoms with Crippen LogP contribution in [0.4, 0.5) is 11.5 Å². The zero-order chi connectivity index (χ0) is 12.5. The smallest absolute Gasteiger partial charge is 0.134 e. The third kappa shape index (κ3) is 1.90. The Morgan fingerprint density at radius 3 is 2.89 bits per heavy atom. The molecule has 3 aromatic rings. The van der Waals surface area contributed by atoms with Gasteiger partial charge in [0.05, 0.1) is 5.52 Å². The first-order valence-electron chi connectivity index (χ1n) is 5.74. The highest BCUT2D eigenvalue weighted by Gasteiger charge is 2.03. The van der Waals surface area contributed by atoms with Crippen molar-refractivity contribution < 1.29 is 0 Å². The number of fused-ring (bicyclic) bond motifs is 1. The van der Waals surface area contributed by atoms with E-state index in [0.29, 0.717) is 0 Å². The number of aromatic amines is 1. The molecular weight excluding hydrogens is 226 g/mol. The maximum atomic E-state index is 4.31. The van der Waals surface area contributed by atoms with Crippen LogP contribution in [0.2, 0.25) is 0 Å². The fourth-order valence-corrected chi connectivity index (χ4v) is 1.89. The molecule has 0 amide bonds. The second-order valence-electron chi connectivity index (χ2n) is 4.19. The van der Waals surface area contributed by atoms with Crippen molar-refractivity contribution >= 4 is 22.4 Å². The molecule has 0 saturated carbocycles. The topological polar surface area (TPSA) is 66.5 Å². The molecule has 90 valence electrons. The molecule has 5 nitrogen and oxygen atoms in total. The molecule has 0 unspecified atom stereocenters. The van der Waals surface area contributed by atoms with Crippen LogP contribution in [0.15, 0.2) is 30.5 Å². The van der Waals surface area contributed by atoms with E-state index in [1.807, 2.05) is 32.0 Å². The molecule has 0 radical (unpaired) electrons. The number of rotatable bonds is 2. The monoisotopic (exact) mass is 239 g/mol. The molecular formula is C13H13N5. The van der Waals surface area contributed by atoms with E-state index in [1.165, 1.54) is 0 Å². The van der Waals surface area contributed by atoms with Crippen LogP contribution < -0.4 is 5.32 Å². The van der Waals surface area contributed by atoms with E-state index < -0.39 is 0 Å². The van der Waals surface area contributed by atoms with E-state index >= 15 is 0 Å². The van der Waals surface area contributed by atoms with Crippen LogP contribution in [0.1, 0.15) is 11.5 Å². The molecule has 0 saturated heterocycles. The van der Waals surface area contributed by atoms with Crippen molar-refractivity contribution in [1.82, 2.24) is 20.2 Å². The molecule has 0 aliphatic heterocycles. The van der Waals surface area contributed by atoms with Gasteiger partial charge >= 0.3 is 0 Å². The molecule has 0 spiro atoms. The first-order valence-corrected chi connectivity index (χ1v) is 5.74. The van der Waals surface area contributed by atoms with Gasteiger partial charge in [-0.2, -0.15) is 5.10 Å². The van der Waals surface area contributed by atoms with Gasteiger partial charge in [0.2, 0.25) is 0 Å². The number of aryl methyl sites for hydroxylation is 2. The van der Waals surface area contributed by atoms with E-state index in [4.69, 9.17) is 0 Å². The molecule has 18 heavy (non-hydrogen) atoms. The molecule has 0 aliphatic carbocycles. The Morgan fingerprint density at radius 2 is 2.06 bits per heavy atom. The van der Waals surface area contributed by atoms with Crippen molar-refractivity contribution in [3.8, 4) is 0 Å². The van der Waals surface area contributed by atoms with E-state index in [2.05, 4.69) is 31.5 Å². The van der Waals surface area contributed by atoms with Gasteiger partial charge in [-0.3, -0.25) is 5.10 Å². The number of nitrogens with zero attached hydrogens (tertiary/aromatic N) is 3. The Hall–Kier alpha value is -2.43. The lowest BCUT2D eigenvalue weighted by atomic mass is 10.2. The van der Waals surface area contributed by atoms with Crippen LogP contribution in [0.5, 0.6) is 0 Å². The Morgan fingerprint density at radius 1 is 1.17 bits per heavy atom. The van der Waals surface area contributed by atoms with Crippen LogP contribution in [-0.4, -0.2) is 20.2 Å². The number of H-pyrrole nitrogens is 1. The Balaban J connectivity index is 1.97. The fourth-order valence-electron chi connectivity index (χ4n) is 1.89. The quantitative estimate of drug-likeness (QED) is 0.721. The highest BCUT2D eigenvalue weighted by molar-refractivity contribution is 5.85. The molecule has 0 fully saturated rings. The maximum Gasteiger partial charge on any atom is 0.134 e. The number of aromatic nitrogens is 4. The van der Waals surface area contributed by atoms with E-state index in [-0.39, 0.29) is 0 Å². The SMILES string of the molecule is Cc1nccc(Nc2ccc3n[nH]c(C)c3c2)n1. The van der Waals surface area contributed by atoms with Crippen molar-refractivity contribution in [2.24, 2.45) is 0 Å². The minimum Gasteiger partial charge on any atom is -0.340 e. The van der Waals surface area contributed by atoms with Gasteiger partial charge in [-0.1, -0.05) is 0 Å². The number of nitrogens with one attached hydrogen (secondary N) is 2. The normalized spacial score (nSPS) is 10.8. The molecule has 0 atom stereocenters. The van der Waals surface area contributed by atoms with Gasteiger partial charge in [0.15, 0.2) is 0 Å². The molecule has 3 rings (SSSR count). The summed E-state index contributed by atoms with van der Waals surface area (Å²) in [5, 5.41) is 11.6. The number of hydrogen-bond donors (Lipinski definition) is 2. The Labute approximate surface area is 104 Å². The molecule has 2 aromatic heterocycles. The Kier molecular flexibility index (Phi) is 2.44. The highest BCUT2D eigenvalue weighted by atomic mass is 15.1. The highest BCUT2D eigenvalue weighted by Crippen LogP contribution is 2.22. The van der Waals surface area contributed by atoms with Gasteiger partial charge in [0.1, 0.15) is 11.6 Å². The zero-order valence-electron chi connectivity index (χ0n) is 10.2.